The van der Waals surface area contributed by atoms with Crippen LogP contribution >= 0.6 is 0 Å². The zero-order valence-electron chi connectivity index (χ0n) is 16.2. The molecule has 14 heteroatoms. The second-order valence-electron chi connectivity index (χ2n) is 7.13. The van der Waals surface area contributed by atoms with Crippen LogP contribution in [0.25, 0.3) is 11.0 Å². The lowest BCUT2D eigenvalue weighted by atomic mass is 10.0. The Morgan fingerprint density at radius 1 is 1.22 bits per heavy atom. The van der Waals surface area contributed by atoms with Gasteiger partial charge in [0.1, 0.15) is 23.6 Å². The standard InChI is InChI=1S/C18H14F5N5O3S/c1-28(8-2-3-8)17-12-9(6-24-16(12)25-7-26-17)15(29)13-10(19)4-5-11(14(13)20)27-32(30,31)18(21,22)23/h4-8,27H,2-3H2,1H3,(H,24,25,26). The summed E-state index contributed by atoms with van der Waals surface area (Å²) in [5.41, 5.74) is -8.21. The molecule has 0 bridgehead atoms. The minimum absolute atomic E-state index is 0.166. The minimum atomic E-state index is -5.99. The topological polar surface area (TPSA) is 108 Å². The van der Waals surface area contributed by atoms with Crippen LogP contribution in [0.5, 0.6) is 0 Å². The van der Waals surface area contributed by atoms with E-state index in [0.29, 0.717) is 18.0 Å². The van der Waals surface area contributed by atoms with E-state index < -0.39 is 44.2 Å². The number of nitrogens with zero attached hydrogens (tertiary/aromatic N) is 3. The van der Waals surface area contributed by atoms with E-state index in [2.05, 4.69) is 15.0 Å². The second kappa shape index (κ2) is 7.39. The molecule has 0 unspecified atom stereocenters. The maximum Gasteiger partial charge on any atom is 0.516 e. The number of sulfonamides is 1. The van der Waals surface area contributed by atoms with Gasteiger partial charge in [-0.3, -0.25) is 9.52 Å². The molecule has 1 aliphatic rings. The van der Waals surface area contributed by atoms with Crippen molar-refractivity contribution in [3.63, 3.8) is 0 Å². The van der Waals surface area contributed by atoms with E-state index in [-0.39, 0.29) is 22.6 Å². The van der Waals surface area contributed by atoms with Crippen molar-refractivity contribution in [3.05, 3.63) is 47.4 Å². The van der Waals surface area contributed by atoms with Gasteiger partial charge in [0.15, 0.2) is 5.82 Å². The first-order valence-corrected chi connectivity index (χ1v) is 10.6. The van der Waals surface area contributed by atoms with Gasteiger partial charge in [0, 0.05) is 19.3 Å². The Balaban J connectivity index is 1.82. The molecule has 2 aromatic heterocycles. The summed E-state index contributed by atoms with van der Waals surface area (Å²) in [6.07, 6.45) is 4.17. The highest BCUT2D eigenvalue weighted by Gasteiger charge is 2.46. The maximum absolute atomic E-state index is 14.9. The summed E-state index contributed by atoms with van der Waals surface area (Å²) >= 11 is 0. The molecule has 1 aromatic carbocycles. The summed E-state index contributed by atoms with van der Waals surface area (Å²) in [7, 11) is -4.26. The molecular weight excluding hydrogens is 461 g/mol. The molecule has 0 saturated heterocycles. The van der Waals surface area contributed by atoms with Crippen LogP contribution < -0.4 is 9.62 Å². The number of rotatable bonds is 6. The second-order valence-corrected chi connectivity index (χ2v) is 8.80. The molecule has 1 saturated carbocycles. The molecule has 2 N–H and O–H groups in total. The van der Waals surface area contributed by atoms with Crippen molar-refractivity contribution >= 4 is 38.3 Å². The lowest BCUT2D eigenvalue weighted by molar-refractivity contribution is -0.0429. The molecule has 0 spiro atoms. The van der Waals surface area contributed by atoms with Crippen LogP contribution in [0, 0.1) is 11.6 Å². The number of carbonyl (C=O) groups is 1. The molecule has 8 nitrogen and oxygen atoms in total. The summed E-state index contributed by atoms with van der Waals surface area (Å²) in [6, 6.07) is 1.11. The van der Waals surface area contributed by atoms with Crippen LogP contribution in [0.4, 0.5) is 33.5 Å². The molecule has 2 heterocycles. The predicted octanol–water partition coefficient (Wildman–Crippen LogP) is 3.33. The first-order valence-electron chi connectivity index (χ1n) is 9.09. The minimum Gasteiger partial charge on any atom is -0.356 e. The van der Waals surface area contributed by atoms with Crippen LogP contribution in [0.2, 0.25) is 0 Å². The van der Waals surface area contributed by atoms with E-state index in [1.165, 1.54) is 6.33 Å². The lowest BCUT2D eigenvalue weighted by Crippen LogP contribution is -2.30. The number of anilines is 2. The highest BCUT2D eigenvalue weighted by molar-refractivity contribution is 7.93. The van der Waals surface area contributed by atoms with Crippen molar-refractivity contribution in [3.8, 4) is 0 Å². The van der Waals surface area contributed by atoms with Gasteiger partial charge >= 0.3 is 15.5 Å². The van der Waals surface area contributed by atoms with Crippen LogP contribution in [0.3, 0.4) is 0 Å². The molecule has 170 valence electrons. The van der Waals surface area contributed by atoms with E-state index in [1.807, 2.05) is 0 Å². The molecule has 0 aliphatic heterocycles. The summed E-state index contributed by atoms with van der Waals surface area (Å²) < 4.78 is 90.9. The number of alkyl halides is 3. The molecule has 1 aliphatic carbocycles. The summed E-state index contributed by atoms with van der Waals surface area (Å²) in [5.74, 6) is -4.06. The fourth-order valence-electron chi connectivity index (χ4n) is 3.20. The number of H-pyrrole nitrogens is 1. The van der Waals surface area contributed by atoms with Gasteiger partial charge in [-0.05, 0) is 25.0 Å². The third-order valence-electron chi connectivity index (χ3n) is 4.99. The van der Waals surface area contributed by atoms with E-state index in [4.69, 9.17) is 0 Å². The highest BCUT2D eigenvalue weighted by Crippen LogP contribution is 2.35. The normalized spacial score (nSPS) is 14.6. The SMILES string of the molecule is CN(c1ncnc2[nH]cc(C(=O)c3c(F)ccc(NS(=O)(=O)C(F)(F)F)c3F)c12)C1CC1. The van der Waals surface area contributed by atoms with E-state index in [1.54, 1.807) is 11.9 Å². The number of fused-ring (bicyclic) bond motifs is 1. The van der Waals surface area contributed by atoms with Crippen LogP contribution in [-0.2, 0) is 10.0 Å². The average molecular weight is 475 g/mol. The van der Waals surface area contributed by atoms with E-state index in [0.717, 1.165) is 23.8 Å². The van der Waals surface area contributed by atoms with Gasteiger partial charge in [-0.1, -0.05) is 0 Å². The van der Waals surface area contributed by atoms with Crippen molar-refractivity contribution in [2.24, 2.45) is 0 Å². The number of ketones is 1. The predicted molar refractivity (Wildman–Crippen MR) is 104 cm³/mol. The summed E-state index contributed by atoms with van der Waals surface area (Å²) in [4.78, 5) is 25.7. The van der Waals surface area contributed by atoms with E-state index in [9.17, 15) is 35.2 Å². The van der Waals surface area contributed by atoms with Gasteiger partial charge in [0.2, 0.25) is 5.78 Å². The molecule has 0 amide bonds. The number of hydrogen-bond donors (Lipinski definition) is 2. The fraction of sp³-hybridized carbons (Fsp3) is 0.278. The Bertz CT molecular complexity index is 1330. The highest BCUT2D eigenvalue weighted by atomic mass is 32.2. The lowest BCUT2D eigenvalue weighted by Gasteiger charge is -2.18. The van der Waals surface area contributed by atoms with Gasteiger partial charge in [-0.2, -0.15) is 21.6 Å². The van der Waals surface area contributed by atoms with Crippen LogP contribution in [0.15, 0.2) is 24.7 Å². The smallest absolute Gasteiger partial charge is 0.356 e. The van der Waals surface area contributed by atoms with Crippen molar-refractivity contribution < 1.29 is 35.2 Å². The molecule has 4 rings (SSSR count). The third kappa shape index (κ3) is 3.63. The maximum atomic E-state index is 14.9. The van der Waals surface area contributed by atoms with Crippen molar-refractivity contribution in [1.82, 2.24) is 15.0 Å². The Kier molecular flexibility index (Phi) is 5.07. The number of nitrogens with one attached hydrogen (secondary N) is 2. The zero-order chi connectivity index (χ0) is 23.4. The van der Waals surface area contributed by atoms with Gasteiger partial charge in [-0.25, -0.2) is 18.7 Å². The number of carbonyl (C=O) groups excluding carboxylic acids is 1. The quantitative estimate of drug-likeness (QED) is 0.418. The number of halogens is 5. The van der Waals surface area contributed by atoms with Gasteiger partial charge in [0.05, 0.1) is 22.2 Å². The Labute approximate surface area is 177 Å². The third-order valence-corrected chi connectivity index (χ3v) is 6.09. The largest absolute Gasteiger partial charge is 0.516 e. The van der Waals surface area contributed by atoms with Gasteiger partial charge in [0.25, 0.3) is 0 Å². The fourth-order valence-corrected chi connectivity index (χ4v) is 3.77. The molecule has 1 fully saturated rings. The summed E-state index contributed by atoms with van der Waals surface area (Å²) in [6.45, 7) is 0. The zero-order valence-corrected chi connectivity index (χ0v) is 17.0. The number of aromatic amines is 1. The average Bonchev–Trinajstić information content (AvgIpc) is 3.47. The van der Waals surface area contributed by atoms with Crippen LogP contribution in [-0.4, -0.2) is 47.8 Å². The van der Waals surface area contributed by atoms with Crippen molar-refractivity contribution in [2.75, 3.05) is 16.7 Å². The number of benzene rings is 1. The number of hydrogen-bond acceptors (Lipinski definition) is 6. The summed E-state index contributed by atoms with van der Waals surface area (Å²) in [5, 5.41) is 0.173. The number of aromatic nitrogens is 3. The first-order chi connectivity index (χ1) is 14.9. The van der Waals surface area contributed by atoms with E-state index >= 15 is 0 Å². The molecule has 0 atom stereocenters. The molecule has 0 radical (unpaired) electrons. The molecular formula is C18H14F5N5O3S. The van der Waals surface area contributed by atoms with Crippen LogP contribution in [0.1, 0.15) is 28.8 Å². The monoisotopic (exact) mass is 475 g/mol. The Morgan fingerprint density at radius 2 is 1.91 bits per heavy atom. The van der Waals surface area contributed by atoms with Crippen molar-refractivity contribution in [1.29, 1.82) is 0 Å². The molecule has 32 heavy (non-hydrogen) atoms. The van der Waals surface area contributed by atoms with Gasteiger partial charge in [-0.15, -0.1) is 0 Å². The first kappa shape index (κ1) is 21.9. The Morgan fingerprint density at radius 3 is 2.53 bits per heavy atom. The van der Waals surface area contributed by atoms with Gasteiger partial charge < -0.3 is 9.88 Å². The molecule has 3 aromatic rings. The van der Waals surface area contributed by atoms with Crippen molar-refractivity contribution in [2.45, 2.75) is 24.4 Å². The Hall–Kier alpha value is -3.29.